The predicted octanol–water partition coefficient (Wildman–Crippen LogP) is 3.46. The lowest BCUT2D eigenvalue weighted by Crippen LogP contribution is -2.40. The second kappa shape index (κ2) is 22.6. The van der Waals surface area contributed by atoms with Gasteiger partial charge in [-0.05, 0) is 51.1 Å². The van der Waals surface area contributed by atoms with Gasteiger partial charge in [0, 0.05) is 31.8 Å². The molecule has 0 spiro atoms. The molecular formula is C24H44O16P6Si3. The number of carbonyl (C=O) groups excluding carboxylic acids is 4. The Bertz CT molecular complexity index is 1210. The van der Waals surface area contributed by atoms with Crippen molar-refractivity contribution in [3.8, 4) is 0 Å². The first-order valence-electron chi connectivity index (χ1n) is 14.7. The van der Waals surface area contributed by atoms with Gasteiger partial charge in [-0.1, -0.05) is 0 Å². The van der Waals surface area contributed by atoms with Crippen LogP contribution in [0.3, 0.4) is 0 Å². The Labute approximate surface area is 304 Å². The Morgan fingerprint density at radius 1 is 0.755 bits per heavy atom. The van der Waals surface area contributed by atoms with Crippen LogP contribution >= 0.6 is 56.8 Å². The summed E-state index contributed by atoms with van der Waals surface area (Å²) < 4.78 is 64.5. The van der Waals surface area contributed by atoms with Crippen molar-refractivity contribution in [3.63, 3.8) is 0 Å². The molecule has 0 N–H and O–H groups in total. The minimum absolute atomic E-state index is 0.110. The van der Waals surface area contributed by atoms with Gasteiger partial charge in [0.1, 0.15) is 25.4 Å². The van der Waals surface area contributed by atoms with E-state index in [4.69, 9.17) is 54.3 Å². The van der Waals surface area contributed by atoms with E-state index in [0.717, 1.165) is 0 Å². The molecule has 0 fully saturated rings. The van der Waals surface area contributed by atoms with Crippen LogP contribution < -0.4 is 0 Å². The summed E-state index contributed by atoms with van der Waals surface area (Å²) in [6.07, 6.45) is -2.04. The third kappa shape index (κ3) is 14.2. The quantitative estimate of drug-likeness (QED) is 0.0596. The summed E-state index contributed by atoms with van der Waals surface area (Å²) >= 11 is 0. The van der Waals surface area contributed by atoms with Gasteiger partial charge in [-0.2, -0.15) is 0 Å². The highest BCUT2D eigenvalue weighted by Crippen LogP contribution is 2.33. The maximum absolute atomic E-state index is 12.4. The molecule has 2 heterocycles. The summed E-state index contributed by atoms with van der Waals surface area (Å²) in [6.45, 7) is 7.77. The van der Waals surface area contributed by atoms with Gasteiger partial charge in [-0.15, -0.1) is 0 Å². The first-order valence-corrected chi connectivity index (χ1v) is 24.6. The monoisotopic (exact) mass is 858 g/mol. The van der Waals surface area contributed by atoms with Crippen molar-refractivity contribution >= 4 is 107 Å². The van der Waals surface area contributed by atoms with Crippen LogP contribution in [0.1, 0.15) is 25.7 Å². The van der Waals surface area contributed by atoms with Gasteiger partial charge in [0.2, 0.25) is 11.5 Å². The standard InChI is InChI=1S/C24H44O16P6Si3/c1-47(9-5-7-15(25)29-11-13(33-41)17-19(35-43)21(37-45)23(27)31-17)39-48(2)40-49(3,4)10-6-8-16(26)30-12-14(34-42)18-20(36-44)22(38-46)24(28)32-18/h13-14,17-18H,5-12,41-46H2,1-4H3/t13?,14?,17-,18-/m1/s1. The zero-order valence-electron chi connectivity index (χ0n) is 27.5. The molecular weight excluding hydrogens is 814 g/mol. The molecule has 0 aliphatic carbocycles. The van der Waals surface area contributed by atoms with E-state index in [1.54, 1.807) is 0 Å². The molecule has 0 aromatic rings. The number of carbonyl (C=O) groups is 4. The van der Waals surface area contributed by atoms with Crippen LogP contribution in [0.5, 0.6) is 0 Å². The third-order valence-corrected chi connectivity index (χ3v) is 17.1. The minimum Gasteiger partial charge on any atom is -0.476 e. The van der Waals surface area contributed by atoms with Crippen LogP contribution in [0.4, 0.5) is 0 Å². The Hall–Kier alpha value is -0.369. The lowest BCUT2D eigenvalue weighted by Gasteiger charge is -2.27. The fraction of sp³-hybridized carbons (Fsp3) is 0.667. The van der Waals surface area contributed by atoms with Gasteiger partial charge >= 0.3 is 33.2 Å². The van der Waals surface area contributed by atoms with Crippen LogP contribution in [0.15, 0.2) is 23.0 Å². The molecule has 0 bridgehead atoms. The average Bonchev–Trinajstić information content (AvgIpc) is 3.55. The zero-order chi connectivity index (χ0) is 36.7. The molecule has 2 radical (unpaired) electrons. The van der Waals surface area contributed by atoms with E-state index in [9.17, 15) is 19.2 Å². The minimum atomic E-state index is -2.15. The van der Waals surface area contributed by atoms with Gasteiger partial charge in [-0.3, -0.25) is 9.59 Å². The highest BCUT2D eigenvalue weighted by molar-refractivity contribution is 7.11. The lowest BCUT2D eigenvalue weighted by atomic mass is 10.2. The average molecular weight is 859 g/mol. The number of hydrogen-bond acceptors (Lipinski definition) is 16. The summed E-state index contributed by atoms with van der Waals surface area (Å²) in [6, 6.07) is 1.42. The molecule has 8 unspecified atom stereocenters. The van der Waals surface area contributed by atoms with Crippen molar-refractivity contribution in [2.75, 3.05) is 13.2 Å². The van der Waals surface area contributed by atoms with E-state index >= 15 is 0 Å². The van der Waals surface area contributed by atoms with Crippen LogP contribution in [-0.2, 0) is 73.5 Å². The van der Waals surface area contributed by atoms with Crippen molar-refractivity contribution in [3.05, 3.63) is 23.0 Å². The second-order valence-electron chi connectivity index (χ2n) is 11.1. The maximum Gasteiger partial charge on any atom is 0.378 e. The van der Waals surface area contributed by atoms with E-state index < -0.39 is 74.9 Å². The van der Waals surface area contributed by atoms with Crippen molar-refractivity contribution < 1.29 is 73.5 Å². The predicted molar refractivity (Wildman–Crippen MR) is 199 cm³/mol. The summed E-state index contributed by atoms with van der Waals surface area (Å²) in [5.74, 6) is -2.30. The fourth-order valence-electron chi connectivity index (χ4n) is 4.64. The molecule has 2 aliphatic rings. The number of esters is 4. The van der Waals surface area contributed by atoms with E-state index in [-0.39, 0.29) is 49.1 Å². The van der Waals surface area contributed by atoms with Crippen LogP contribution in [-0.4, -0.2) is 88.1 Å². The first-order chi connectivity index (χ1) is 23.2. The summed E-state index contributed by atoms with van der Waals surface area (Å²) in [4.78, 5) is 48.8. The van der Waals surface area contributed by atoms with E-state index in [0.29, 0.717) is 24.9 Å². The number of cyclic esters (lactones) is 2. The van der Waals surface area contributed by atoms with Gasteiger partial charge in [0.15, 0.2) is 41.1 Å². The van der Waals surface area contributed by atoms with Crippen LogP contribution in [0, 0.1) is 0 Å². The highest BCUT2D eigenvalue weighted by atomic mass is 31.0. The normalized spacial score (nSPS) is 19.2. The van der Waals surface area contributed by atoms with E-state index in [2.05, 4.69) is 32.0 Å². The summed E-state index contributed by atoms with van der Waals surface area (Å²) in [5, 5.41) is 0. The van der Waals surface area contributed by atoms with Crippen LogP contribution in [0.25, 0.3) is 0 Å². The number of ether oxygens (including phenoxy) is 4. The largest absolute Gasteiger partial charge is 0.476 e. The Morgan fingerprint density at radius 3 is 1.61 bits per heavy atom. The molecule has 0 aromatic heterocycles. The first kappa shape index (κ1) is 44.8. The molecule has 25 heteroatoms. The number of rotatable bonds is 24. The van der Waals surface area contributed by atoms with E-state index in [1.165, 1.54) is 0 Å². The molecule has 2 rings (SSSR count). The highest BCUT2D eigenvalue weighted by Gasteiger charge is 2.44. The molecule has 16 nitrogen and oxygen atoms in total. The lowest BCUT2D eigenvalue weighted by molar-refractivity contribution is -0.153. The Kier molecular flexibility index (Phi) is 20.7. The third-order valence-electron chi connectivity index (χ3n) is 6.94. The van der Waals surface area contributed by atoms with E-state index in [1.807, 2.05) is 51.0 Å². The molecule has 0 aromatic carbocycles. The van der Waals surface area contributed by atoms with Gasteiger partial charge in [0.25, 0.3) is 0 Å². The van der Waals surface area contributed by atoms with Crippen molar-refractivity contribution in [1.82, 2.24) is 0 Å². The van der Waals surface area contributed by atoms with Crippen molar-refractivity contribution in [2.24, 2.45) is 0 Å². The van der Waals surface area contributed by atoms with Crippen molar-refractivity contribution in [1.29, 1.82) is 0 Å². The van der Waals surface area contributed by atoms with Gasteiger partial charge in [-0.25, -0.2) is 9.59 Å². The number of hydrogen-bond donors (Lipinski definition) is 0. The Morgan fingerprint density at radius 2 is 1.20 bits per heavy atom. The molecule has 278 valence electrons. The smallest absolute Gasteiger partial charge is 0.378 e. The summed E-state index contributed by atoms with van der Waals surface area (Å²) in [5.41, 5.74) is 0. The second-order valence-corrected chi connectivity index (χ2v) is 21.1. The van der Waals surface area contributed by atoms with Gasteiger partial charge < -0.3 is 54.3 Å². The fourth-order valence-corrected chi connectivity index (χ4v) is 14.1. The molecule has 10 atom stereocenters. The molecule has 0 amide bonds. The topological polar surface area (TPSA) is 179 Å². The summed E-state index contributed by atoms with van der Waals surface area (Å²) in [7, 11) is 7.13. The van der Waals surface area contributed by atoms with Gasteiger partial charge in [0.05, 0.1) is 37.9 Å². The molecule has 2 aliphatic heterocycles. The SMILES string of the molecule is C[Si](CCCC(=O)OCC(OP)[C@H]1OC(=O)C(OP)=C1OP)O[Si](C)O[Si](C)(C)CCCC(=O)OCC(OP)[C@H]1OC(=O)C(OP)=C1OP. The maximum atomic E-state index is 12.4. The van der Waals surface area contributed by atoms with Crippen LogP contribution in [0.2, 0.25) is 38.3 Å². The molecule has 0 saturated carbocycles. The Balaban J connectivity index is 1.67. The van der Waals surface area contributed by atoms with Crippen molar-refractivity contribution in [2.45, 2.75) is 88.4 Å². The zero-order valence-corrected chi connectivity index (χ0v) is 37.4. The molecule has 49 heavy (non-hydrogen) atoms. The molecule has 0 saturated heterocycles.